The fourth-order valence-electron chi connectivity index (χ4n) is 2.33. The summed E-state index contributed by atoms with van der Waals surface area (Å²) in [6.45, 7) is 6.88. The predicted octanol–water partition coefficient (Wildman–Crippen LogP) is 3.64. The Morgan fingerprint density at radius 1 is 1.25 bits per heavy atom. The van der Waals surface area contributed by atoms with E-state index >= 15 is 0 Å². The molecule has 0 fully saturated rings. The molecule has 3 nitrogen and oxygen atoms in total. The number of benzene rings is 1. The third kappa shape index (κ3) is 6.06. The number of hydrogen-bond acceptors (Lipinski definition) is 2. The number of nitrogens with two attached hydrogens (primary N) is 1. The number of rotatable bonds is 7. The Labute approximate surface area is 130 Å². The van der Waals surface area contributed by atoms with Crippen molar-refractivity contribution in [3.05, 3.63) is 34.3 Å². The Morgan fingerprint density at radius 2 is 1.85 bits per heavy atom. The van der Waals surface area contributed by atoms with Crippen molar-refractivity contribution in [3.63, 3.8) is 0 Å². The second kappa shape index (κ2) is 8.42. The zero-order valence-electron chi connectivity index (χ0n) is 12.5. The molecule has 112 valence electrons. The maximum Gasteiger partial charge on any atom is 0.220 e. The van der Waals surface area contributed by atoms with Crippen molar-refractivity contribution < 1.29 is 4.79 Å². The number of hydrogen-bond donors (Lipinski definition) is 2. The molecule has 0 saturated carbocycles. The van der Waals surface area contributed by atoms with Gasteiger partial charge in [0, 0.05) is 10.9 Å². The summed E-state index contributed by atoms with van der Waals surface area (Å²) < 4.78 is 1.04. The molecule has 20 heavy (non-hydrogen) atoms. The van der Waals surface area contributed by atoms with Crippen LogP contribution in [0.5, 0.6) is 0 Å². The number of carbonyl (C=O) groups is 1. The van der Waals surface area contributed by atoms with Crippen LogP contribution in [0.3, 0.4) is 0 Å². The van der Waals surface area contributed by atoms with Gasteiger partial charge in [-0.15, -0.1) is 0 Å². The quantitative estimate of drug-likeness (QED) is 0.796. The van der Waals surface area contributed by atoms with E-state index in [2.05, 4.69) is 35.1 Å². The van der Waals surface area contributed by atoms with E-state index in [1.807, 2.05) is 31.2 Å². The van der Waals surface area contributed by atoms with Gasteiger partial charge >= 0.3 is 0 Å². The average Bonchev–Trinajstić information content (AvgIpc) is 2.37. The SMILES string of the molecule is CC(C)CC(CN)CC(=O)N[C@@H](C)c1ccc(Br)cc1. The van der Waals surface area contributed by atoms with Gasteiger partial charge in [-0.3, -0.25) is 4.79 Å². The highest BCUT2D eigenvalue weighted by atomic mass is 79.9. The standard InChI is InChI=1S/C16H25BrN2O/c1-11(2)8-13(10-18)9-16(20)19-12(3)14-4-6-15(17)7-5-14/h4-7,11-13H,8-10,18H2,1-3H3,(H,19,20)/t12-,13?/m0/s1. The number of halogens is 1. The summed E-state index contributed by atoms with van der Waals surface area (Å²) in [4.78, 5) is 12.1. The van der Waals surface area contributed by atoms with Crippen molar-refractivity contribution in [1.29, 1.82) is 0 Å². The second-order valence-electron chi connectivity index (χ2n) is 5.78. The molecular formula is C16H25BrN2O. The lowest BCUT2D eigenvalue weighted by atomic mass is 9.94. The molecule has 0 aromatic heterocycles. The molecule has 1 rings (SSSR count). The lowest BCUT2D eigenvalue weighted by molar-refractivity contribution is -0.122. The van der Waals surface area contributed by atoms with Crippen molar-refractivity contribution >= 4 is 21.8 Å². The van der Waals surface area contributed by atoms with Crippen LogP contribution in [0.4, 0.5) is 0 Å². The molecule has 2 atom stereocenters. The van der Waals surface area contributed by atoms with E-state index in [9.17, 15) is 4.79 Å². The van der Waals surface area contributed by atoms with Gasteiger partial charge in [0.15, 0.2) is 0 Å². The van der Waals surface area contributed by atoms with E-state index in [0.717, 1.165) is 16.5 Å². The monoisotopic (exact) mass is 340 g/mol. The van der Waals surface area contributed by atoms with E-state index < -0.39 is 0 Å². The smallest absolute Gasteiger partial charge is 0.220 e. The van der Waals surface area contributed by atoms with Gasteiger partial charge in [-0.05, 0) is 49.4 Å². The Balaban J connectivity index is 2.50. The van der Waals surface area contributed by atoms with E-state index in [1.165, 1.54) is 0 Å². The molecular weight excluding hydrogens is 316 g/mol. The molecule has 0 aliphatic carbocycles. The van der Waals surface area contributed by atoms with Gasteiger partial charge in [0.2, 0.25) is 5.91 Å². The van der Waals surface area contributed by atoms with E-state index in [4.69, 9.17) is 5.73 Å². The molecule has 0 spiro atoms. The zero-order valence-corrected chi connectivity index (χ0v) is 14.1. The normalized spacial score (nSPS) is 14.1. The summed E-state index contributed by atoms with van der Waals surface area (Å²) in [7, 11) is 0. The van der Waals surface area contributed by atoms with Crippen LogP contribution in [-0.2, 0) is 4.79 Å². The summed E-state index contributed by atoms with van der Waals surface area (Å²) >= 11 is 3.41. The summed E-state index contributed by atoms with van der Waals surface area (Å²) in [6, 6.07) is 8.03. The summed E-state index contributed by atoms with van der Waals surface area (Å²) in [6.07, 6.45) is 1.51. The Morgan fingerprint density at radius 3 is 2.35 bits per heavy atom. The van der Waals surface area contributed by atoms with Crippen LogP contribution in [0.25, 0.3) is 0 Å². The van der Waals surface area contributed by atoms with Gasteiger partial charge in [0.25, 0.3) is 0 Å². The first kappa shape index (κ1) is 17.2. The molecule has 1 aromatic carbocycles. The molecule has 1 unspecified atom stereocenters. The maximum absolute atomic E-state index is 12.1. The van der Waals surface area contributed by atoms with Crippen LogP contribution in [-0.4, -0.2) is 12.5 Å². The summed E-state index contributed by atoms with van der Waals surface area (Å²) in [5, 5.41) is 3.04. The third-order valence-electron chi connectivity index (χ3n) is 3.36. The third-order valence-corrected chi connectivity index (χ3v) is 3.89. The van der Waals surface area contributed by atoms with Gasteiger partial charge in [0.05, 0.1) is 6.04 Å². The van der Waals surface area contributed by atoms with Crippen molar-refractivity contribution in [3.8, 4) is 0 Å². The molecule has 0 aliphatic rings. The molecule has 1 amide bonds. The molecule has 0 saturated heterocycles. The van der Waals surface area contributed by atoms with Gasteiger partial charge in [-0.2, -0.15) is 0 Å². The predicted molar refractivity (Wildman–Crippen MR) is 87.3 cm³/mol. The molecule has 0 bridgehead atoms. The zero-order chi connectivity index (χ0) is 15.1. The van der Waals surface area contributed by atoms with Crippen LogP contribution in [0, 0.1) is 11.8 Å². The van der Waals surface area contributed by atoms with E-state index in [-0.39, 0.29) is 17.9 Å². The number of amides is 1. The maximum atomic E-state index is 12.1. The van der Waals surface area contributed by atoms with Crippen LogP contribution >= 0.6 is 15.9 Å². The van der Waals surface area contributed by atoms with Gasteiger partial charge in [-0.25, -0.2) is 0 Å². The molecule has 0 radical (unpaired) electrons. The highest BCUT2D eigenvalue weighted by Crippen LogP contribution is 2.18. The van der Waals surface area contributed by atoms with Gasteiger partial charge in [0.1, 0.15) is 0 Å². The van der Waals surface area contributed by atoms with Gasteiger partial charge < -0.3 is 11.1 Å². The minimum atomic E-state index is 0.0214. The molecule has 1 aromatic rings. The van der Waals surface area contributed by atoms with Gasteiger partial charge in [-0.1, -0.05) is 41.9 Å². The highest BCUT2D eigenvalue weighted by molar-refractivity contribution is 9.10. The highest BCUT2D eigenvalue weighted by Gasteiger charge is 2.16. The lowest BCUT2D eigenvalue weighted by Gasteiger charge is -2.19. The van der Waals surface area contributed by atoms with Crippen molar-refractivity contribution in [2.75, 3.05) is 6.54 Å². The van der Waals surface area contributed by atoms with Crippen molar-refractivity contribution in [2.24, 2.45) is 17.6 Å². The molecule has 0 aliphatic heterocycles. The van der Waals surface area contributed by atoms with E-state index in [0.29, 0.717) is 18.9 Å². The van der Waals surface area contributed by atoms with E-state index in [1.54, 1.807) is 0 Å². The lowest BCUT2D eigenvalue weighted by Crippen LogP contribution is -2.30. The first-order valence-corrected chi connectivity index (χ1v) is 7.96. The minimum Gasteiger partial charge on any atom is -0.350 e. The average molecular weight is 341 g/mol. The largest absolute Gasteiger partial charge is 0.350 e. The fraction of sp³-hybridized carbons (Fsp3) is 0.562. The fourth-order valence-corrected chi connectivity index (χ4v) is 2.59. The molecule has 3 N–H and O–H groups in total. The van der Waals surface area contributed by atoms with Crippen LogP contribution in [0.1, 0.15) is 45.2 Å². The first-order chi connectivity index (χ1) is 9.42. The van der Waals surface area contributed by atoms with Crippen LogP contribution in [0.2, 0.25) is 0 Å². The Kier molecular flexibility index (Phi) is 7.24. The minimum absolute atomic E-state index is 0.0214. The summed E-state index contributed by atoms with van der Waals surface area (Å²) in [5.74, 6) is 0.920. The first-order valence-electron chi connectivity index (χ1n) is 7.17. The second-order valence-corrected chi connectivity index (χ2v) is 6.69. The number of nitrogens with one attached hydrogen (secondary N) is 1. The van der Waals surface area contributed by atoms with Crippen LogP contribution in [0.15, 0.2) is 28.7 Å². The van der Waals surface area contributed by atoms with Crippen molar-refractivity contribution in [1.82, 2.24) is 5.32 Å². The Bertz CT molecular complexity index is 417. The molecule has 0 heterocycles. The number of carbonyl (C=O) groups excluding carboxylic acids is 1. The van der Waals surface area contributed by atoms with Crippen molar-refractivity contribution in [2.45, 2.75) is 39.7 Å². The molecule has 4 heteroatoms. The van der Waals surface area contributed by atoms with Crippen LogP contribution < -0.4 is 11.1 Å². The topological polar surface area (TPSA) is 55.1 Å². The summed E-state index contributed by atoms with van der Waals surface area (Å²) in [5.41, 5.74) is 6.85. The Hall–Kier alpha value is -0.870.